The molecule has 2 aromatic rings. The summed E-state index contributed by atoms with van der Waals surface area (Å²) in [5, 5.41) is 0. The predicted molar refractivity (Wildman–Crippen MR) is 74.3 cm³/mol. The van der Waals surface area contributed by atoms with Crippen LogP contribution in [0.4, 0.5) is 0 Å². The number of carbonyl (C=O) groups is 1. The highest BCUT2D eigenvalue weighted by Crippen LogP contribution is 2.24. The SMILES string of the molecule is O=C(NNS(=O)O)c1ccccc1Oc1ccccc1. The Labute approximate surface area is 118 Å². The van der Waals surface area contributed by atoms with E-state index in [0.29, 0.717) is 11.5 Å². The Balaban J connectivity index is 2.18. The molecule has 1 amide bonds. The Bertz CT molecular complexity index is 619. The fourth-order valence-electron chi connectivity index (χ4n) is 1.52. The molecular weight excluding hydrogens is 280 g/mol. The fourth-order valence-corrected chi connectivity index (χ4v) is 1.70. The first-order valence-corrected chi connectivity index (χ1v) is 6.76. The van der Waals surface area contributed by atoms with E-state index in [1.54, 1.807) is 36.4 Å². The molecule has 0 aromatic heterocycles. The van der Waals surface area contributed by atoms with E-state index in [-0.39, 0.29) is 5.56 Å². The lowest BCUT2D eigenvalue weighted by Crippen LogP contribution is -2.38. The first-order chi connectivity index (χ1) is 9.66. The molecule has 7 heteroatoms. The van der Waals surface area contributed by atoms with Gasteiger partial charge in [0.1, 0.15) is 11.5 Å². The maximum atomic E-state index is 11.9. The molecule has 0 aliphatic rings. The van der Waals surface area contributed by atoms with Crippen molar-refractivity contribution in [3.8, 4) is 11.5 Å². The maximum Gasteiger partial charge on any atom is 0.270 e. The molecular formula is C13H12N2O4S. The molecule has 0 saturated heterocycles. The minimum Gasteiger partial charge on any atom is -0.457 e. The van der Waals surface area contributed by atoms with Crippen molar-refractivity contribution < 1.29 is 18.3 Å². The summed E-state index contributed by atoms with van der Waals surface area (Å²) < 4.78 is 24.6. The van der Waals surface area contributed by atoms with Crippen molar-refractivity contribution in [2.75, 3.05) is 0 Å². The topological polar surface area (TPSA) is 87.7 Å². The summed E-state index contributed by atoms with van der Waals surface area (Å²) in [7, 11) is 0. The van der Waals surface area contributed by atoms with E-state index in [1.165, 1.54) is 0 Å². The van der Waals surface area contributed by atoms with E-state index in [2.05, 4.69) is 5.43 Å². The van der Waals surface area contributed by atoms with Gasteiger partial charge in [0.25, 0.3) is 17.2 Å². The Morgan fingerprint density at radius 2 is 1.70 bits per heavy atom. The van der Waals surface area contributed by atoms with Crippen LogP contribution < -0.4 is 15.0 Å². The predicted octanol–water partition coefficient (Wildman–Crippen LogP) is 1.85. The van der Waals surface area contributed by atoms with Gasteiger partial charge in [0.2, 0.25) is 0 Å². The van der Waals surface area contributed by atoms with Gasteiger partial charge in [0, 0.05) is 0 Å². The van der Waals surface area contributed by atoms with Crippen molar-refractivity contribution in [2.45, 2.75) is 0 Å². The monoisotopic (exact) mass is 292 g/mol. The summed E-state index contributed by atoms with van der Waals surface area (Å²) >= 11 is -2.33. The molecule has 0 heterocycles. The van der Waals surface area contributed by atoms with Gasteiger partial charge in [-0.25, -0.2) is 4.21 Å². The van der Waals surface area contributed by atoms with E-state index < -0.39 is 17.2 Å². The van der Waals surface area contributed by atoms with Crippen LogP contribution >= 0.6 is 0 Å². The first-order valence-electron chi connectivity index (χ1n) is 5.65. The summed E-state index contributed by atoms with van der Waals surface area (Å²) in [5.41, 5.74) is 2.35. The van der Waals surface area contributed by atoms with Crippen LogP contribution in [0.2, 0.25) is 0 Å². The van der Waals surface area contributed by atoms with Gasteiger partial charge < -0.3 is 4.74 Å². The van der Waals surface area contributed by atoms with Crippen LogP contribution in [0.1, 0.15) is 10.4 Å². The van der Waals surface area contributed by atoms with Crippen LogP contribution in [-0.4, -0.2) is 14.7 Å². The molecule has 2 aromatic carbocycles. The first kappa shape index (κ1) is 14.2. The van der Waals surface area contributed by atoms with Gasteiger partial charge >= 0.3 is 0 Å². The number of rotatable bonds is 5. The second-order valence-corrected chi connectivity index (χ2v) is 4.42. The Morgan fingerprint density at radius 3 is 2.40 bits per heavy atom. The molecule has 0 aliphatic carbocycles. The lowest BCUT2D eigenvalue weighted by Gasteiger charge is -2.10. The molecule has 0 saturated carbocycles. The third-order valence-corrected chi connectivity index (χ3v) is 2.63. The normalized spacial score (nSPS) is 11.7. The third kappa shape index (κ3) is 3.89. The molecule has 1 unspecified atom stereocenters. The Kier molecular flexibility index (Phi) is 4.83. The standard InChI is InChI=1S/C13H12N2O4S/c16-13(14-15-20(17)18)11-8-4-5-9-12(11)19-10-6-2-1-3-7-10/h1-9,15H,(H,14,16)(H,17,18). The largest absolute Gasteiger partial charge is 0.457 e. The number of amides is 1. The molecule has 1 atom stereocenters. The van der Waals surface area contributed by atoms with Gasteiger partial charge in [0.15, 0.2) is 0 Å². The highest BCUT2D eigenvalue weighted by atomic mass is 32.2. The van der Waals surface area contributed by atoms with Gasteiger partial charge in [-0.3, -0.25) is 14.8 Å². The van der Waals surface area contributed by atoms with Gasteiger partial charge in [-0.2, -0.15) is 0 Å². The van der Waals surface area contributed by atoms with Gasteiger partial charge in [-0.1, -0.05) is 30.3 Å². The third-order valence-electron chi connectivity index (χ3n) is 2.35. The van der Waals surface area contributed by atoms with E-state index in [0.717, 1.165) is 0 Å². The smallest absolute Gasteiger partial charge is 0.270 e. The molecule has 0 aliphatic heterocycles. The highest BCUT2D eigenvalue weighted by molar-refractivity contribution is 7.77. The summed E-state index contributed by atoms with van der Waals surface area (Å²) in [6, 6.07) is 15.6. The average Bonchev–Trinajstić information content (AvgIpc) is 2.46. The number of carbonyl (C=O) groups excluding carboxylic acids is 1. The Hall–Kier alpha value is -2.22. The molecule has 3 N–H and O–H groups in total. The molecule has 20 heavy (non-hydrogen) atoms. The lowest BCUT2D eigenvalue weighted by atomic mass is 10.2. The van der Waals surface area contributed by atoms with Crippen molar-refractivity contribution in [3.63, 3.8) is 0 Å². The van der Waals surface area contributed by atoms with E-state index in [4.69, 9.17) is 9.29 Å². The summed E-state index contributed by atoms with van der Waals surface area (Å²) in [6.07, 6.45) is 0. The number of ether oxygens (including phenoxy) is 1. The number of hydrogen-bond donors (Lipinski definition) is 3. The van der Waals surface area contributed by atoms with Crippen LogP contribution in [0, 0.1) is 0 Å². The van der Waals surface area contributed by atoms with Crippen LogP contribution in [0.5, 0.6) is 11.5 Å². The minimum absolute atomic E-state index is 0.245. The van der Waals surface area contributed by atoms with Crippen LogP contribution in [0.15, 0.2) is 54.6 Å². The molecule has 0 fully saturated rings. The molecule has 104 valence electrons. The summed E-state index contributed by atoms with van der Waals surface area (Å²) in [6.45, 7) is 0. The quantitative estimate of drug-likeness (QED) is 0.579. The molecule has 0 spiro atoms. The van der Waals surface area contributed by atoms with Crippen LogP contribution in [-0.2, 0) is 11.3 Å². The van der Waals surface area contributed by atoms with E-state index in [9.17, 15) is 9.00 Å². The zero-order valence-corrected chi connectivity index (χ0v) is 11.1. The molecule has 0 bridgehead atoms. The van der Waals surface area contributed by atoms with Crippen molar-refractivity contribution in [1.29, 1.82) is 0 Å². The number of nitrogens with one attached hydrogen (secondary N) is 2. The fraction of sp³-hybridized carbons (Fsp3) is 0. The van der Waals surface area contributed by atoms with Crippen molar-refractivity contribution in [3.05, 3.63) is 60.2 Å². The summed E-state index contributed by atoms with van der Waals surface area (Å²) in [5.74, 6) is 0.368. The van der Waals surface area contributed by atoms with Gasteiger partial charge in [-0.15, -0.1) is 4.83 Å². The number of hydrazine groups is 1. The molecule has 0 radical (unpaired) electrons. The van der Waals surface area contributed by atoms with E-state index >= 15 is 0 Å². The number of para-hydroxylation sites is 2. The van der Waals surface area contributed by atoms with E-state index in [1.807, 2.05) is 23.0 Å². The summed E-state index contributed by atoms with van der Waals surface area (Å²) in [4.78, 5) is 13.8. The average molecular weight is 292 g/mol. The minimum atomic E-state index is -2.33. The molecule has 2 rings (SSSR count). The zero-order valence-electron chi connectivity index (χ0n) is 10.3. The Morgan fingerprint density at radius 1 is 1.05 bits per heavy atom. The van der Waals surface area contributed by atoms with Crippen LogP contribution in [0.3, 0.4) is 0 Å². The second-order valence-electron chi connectivity index (χ2n) is 3.72. The zero-order chi connectivity index (χ0) is 14.4. The highest BCUT2D eigenvalue weighted by Gasteiger charge is 2.12. The van der Waals surface area contributed by atoms with Crippen LogP contribution in [0.25, 0.3) is 0 Å². The number of benzene rings is 2. The van der Waals surface area contributed by atoms with Crippen molar-refractivity contribution in [1.82, 2.24) is 10.3 Å². The molecule has 6 nitrogen and oxygen atoms in total. The van der Waals surface area contributed by atoms with Crippen molar-refractivity contribution >= 4 is 17.2 Å². The van der Waals surface area contributed by atoms with Gasteiger partial charge in [-0.05, 0) is 24.3 Å². The maximum absolute atomic E-state index is 11.9. The van der Waals surface area contributed by atoms with Crippen molar-refractivity contribution in [2.24, 2.45) is 0 Å². The number of hydrogen-bond acceptors (Lipinski definition) is 3. The van der Waals surface area contributed by atoms with Gasteiger partial charge in [0.05, 0.1) is 5.56 Å². The second kappa shape index (κ2) is 6.80. The lowest BCUT2D eigenvalue weighted by molar-refractivity contribution is 0.0942.